The molecule has 0 fully saturated rings. The van der Waals surface area contributed by atoms with Gasteiger partial charge in [0.05, 0.1) is 5.52 Å². The fraction of sp³-hybridized carbons (Fsp3) is 0.118. The summed E-state index contributed by atoms with van der Waals surface area (Å²) in [4.78, 5) is 4.68. The number of pyridine rings is 1. The molecule has 0 amide bonds. The molecule has 0 unspecified atom stereocenters. The van der Waals surface area contributed by atoms with Crippen LogP contribution < -0.4 is 5.46 Å². The minimum Gasteiger partial charge on any atom is -0.253 e. The Balaban J connectivity index is 1.80. The van der Waals surface area contributed by atoms with Crippen LogP contribution in [0.2, 0.25) is 0 Å². The van der Waals surface area contributed by atoms with Gasteiger partial charge in [-0.05, 0) is 35.9 Å². The molecule has 90 valence electrons. The molecule has 0 aliphatic rings. The van der Waals surface area contributed by atoms with E-state index < -0.39 is 0 Å². The average molecular weight is 243 g/mol. The highest BCUT2D eigenvalue weighted by molar-refractivity contribution is 6.33. The van der Waals surface area contributed by atoms with Crippen molar-refractivity contribution < 1.29 is 0 Å². The lowest BCUT2D eigenvalue weighted by Crippen LogP contribution is -2.01. The maximum atomic E-state index is 5.77. The lowest BCUT2D eigenvalue weighted by atomic mass is 9.94. The number of benzene rings is 2. The van der Waals surface area contributed by atoms with Gasteiger partial charge in [0.25, 0.3) is 0 Å². The van der Waals surface area contributed by atoms with Crippen molar-refractivity contribution in [3.63, 3.8) is 0 Å². The molecule has 19 heavy (non-hydrogen) atoms. The van der Waals surface area contributed by atoms with Crippen molar-refractivity contribution in [2.75, 3.05) is 0 Å². The normalized spacial score (nSPS) is 10.7. The van der Waals surface area contributed by atoms with Gasteiger partial charge in [-0.3, -0.25) is 4.98 Å². The largest absolute Gasteiger partial charge is 0.253 e. The Kier molecular flexibility index (Phi) is 3.32. The predicted molar refractivity (Wildman–Crippen MR) is 81.0 cm³/mol. The number of hydrogen-bond donors (Lipinski definition) is 0. The summed E-state index contributed by atoms with van der Waals surface area (Å²) in [6, 6.07) is 20.5. The van der Waals surface area contributed by atoms with Gasteiger partial charge in [-0.25, -0.2) is 0 Å². The number of nitrogens with zero attached hydrogens (tertiary/aromatic N) is 1. The zero-order chi connectivity index (χ0) is 13.1. The van der Waals surface area contributed by atoms with Crippen LogP contribution in [-0.4, -0.2) is 12.8 Å². The molecular formula is C17H14BN. The van der Waals surface area contributed by atoms with Crippen LogP contribution in [-0.2, 0) is 12.8 Å². The molecule has 2 aromatic carbocycles. The minimum absolute atomic E-state index is 0.784. The van der Waals surface area contributed by atoms with Gasteiger partial charge in [0.1, 0.15) is 7.85 Å². The minimum atomic E-state index is 0.784. The first kappa shape index (κ1) is 12.0. The van der Waals surface area contributed by atoms with Crippen molar-refractivity contribution in [1.82, 2.24) is 4.98 Å². The first-order valence-electron chi connectivity index (χ1n) is 6.50. The summed E-state index contributed by atoms with van der Waals surface area (Å²) in [5.74, 6) is 0. The van der Waals surface area contributed by atoms with Gasteiger partial charge in [-0.1, -0.05) is 54.0 Å². The lowest BCUT2D eigenvalue weighted by molar-refractivity contribution is 0.923. The van der Waals surface area contributed by atoms with Gasteiger partial charge in [0, 0.05) is 5.69 Å². The van der Waals surface area contributed by atoms with E-state index in [1.807, 2.05) is 24.3 Å². The maximum Gasteiger partial charge on any atom is 0.113 e. The molecule has 0 bridgehead atoms. The van der Waals surface area contributed by atoms with Crippen LogP contribution in [0.4, 0.5) is 0 Å². The number of aromatic nitrogens is 1. The van der Waals surface area contributed by atoms with Crippen molar-refractivity contribution in [2.45, 2.75) is 12.8 Å². The molecule has 1 heterocycles. The third-order valence-corrected chi connectivity index (χ3v) is 3.28. The zero-order valence-electron chi connectivity index (χ0n) is 10.7. The predicted octanol–water partition coefficient (Wildman–Crippen LogP) is 2.81. The molecule has 3 rings (SSSR count). The summed E-state index contributed by atoms with van der Waals surface area (Å²) in [7, 11) is 5.77. The highest BCUT2D eigenvalue weighted by Crippen LogP contribution is 2.12. The standard InChI is InChI=1S/C17H14BN/c18-15-8-11-17-14(12-15)7-10-16(19-17)9-6-13-4-2-1-3-5-13/h1-5,7-8,10-12H,6,9H2. The van der Waals surface area contributed by atoms with Crippen LogP contribution in [0.5, 0.6) is 0 Å². The Hall–Kier alpha value is -2.09. The van der Waals surface area contributed by atoms with Crippen molar-refractivity contribution in [1.29, 1.82) is 0 Å². The monoisotopic (exact) mass is 243 g/mol. The summed E-state index contributed by atoms with van der Waals surface area (Å²) in [5, 5.41) is 1.10. The fourth-order valence-corrected chi connectivity index (χ4v) is 2.24. The van der Waals surface area contributed by atoms with Gasteiger partial charge in [0.15, 0.2) is 0 Å². The number of hydrogen-bond acceptors (Lipinski definition) is 1. The van der Waals surface area contributed by atoms with Crippen LogP contribution in [0.1, 0.15) is 11.3 Å². The third-order valence-electron chi connectivity index (χ3n) is 3.28. The quantitative estimate of drug-likeness (QED) is 0.644. The van der Waals surface area contributed by atoms with Crippen LogP contribution >= 0.6 is 0 Å². The van der Waals surface area contributed by atoms with Crippen LogP contribution in [0.3, 0.4) is 0 Å². The molecule has 0 N–H and O–H groups in total. The van der Waals surface area contributed by atoms with Gasteiger partial charge in [0.2, 0.25) is 0 Å². The molecule has 2 radical (unpaired) electrons. The van der Waals surface area contributed by atoms with Crippen molar-refractivity contribution in [3.05, 3.63) is 71.9 Å². The van der Waals surface area contributed by atoms with E-state index in [9.17, 15) is 0 Å². The molecule has 0 saturated heterocycles. The molecule has 0 aliphatic heterocycles. The van der Waals surface area contributed by atoms with E-state index in [1.54, 1.807) is 0 Å². The molecule has 0 spiro atoms. The fourth-order valence-electron chi connectivity index (χ4n) is 2.24. The molecular weight excluding hydrogens is 229 g/mol. The van der Waals surface area contributed by atoms with E-state index in [4.69, 9.17) is 7.85 Å². The third kappa shape index (κ3) is 2.84. The lowest BCUT2D eigenvalue weighted by Gasteiger charge is -2.04. The Morgan fingerprint density at radius 3 is 2.53 bits per heavy atom. The molecule has 3 aromatic rings. The summed E-state index contributed by atoms with van der Waals surface area (Å²) in [5.41, 5.74) is 4.27. The molecule has 0 saturated carbocycles. The second kappa shape index (κ2) is 5.27. The Labute approximate surface area is 114 Å². The van der Waals surface area contributed by atoms with Crippen LogP contribution in [0.25, 0.3) is 10.9 Å². The average Bonchev–Trinajstić information content (AvgIpc) is 2.46. The highest BCUT2D eigenvalue weighted by atomic mass is 14.7. The van der Waals surface area contributed by atoms with Gasteiger partial charge in [-0.2, -0.15) is 0 Å². The first-order valence-corrected chi connectivity index (χ1v) is 6.50. The van der Waals surface area contributed by atoms with E-state index in [2.05, 4.69) is 41.4 Å². The van der Waals surface area contributed by atoms with Crippen molar-refractivity contribution in [2.24, 2.45) is 0 Å². The Morgan fingerprint density at radius 2 is 1.68 bits per heavy atom. The van der Waals surface area contributed by atoms with E-state index in [0.29, 0.717) is 0 Å². The number of aryl methyl sites for hydroxylation is 2. The number of fused-ring (bicyclic) bond motifs is 1. The highest BCUT2D eigenvalue weighted by Gasteiger charge is 2.00. The van der Waals surface area contributed by atoms with Gasteiger partial charge >= 0.3 is 0 Å². The van der Waals surface area contributed by atoms with Crippen molar-refractivity contribution >= 4 is 24.2 Å². The van der Waals surface area contributed by atoms with Gasteiger partial charge < -0.3 is 0 Å². The molecule has 0 atom stereocenters. The smallest absolute Gasteiger partial charge is 0.113 e. The molecule has 0 aliphatic carbocycles. The SMILES string of the molecule is [B]c1ccc2nc(CCc3ccccc3)ccc2c1. The summed E-state index contributed by atoms with van der Waals surface area (Å²) in [6.45, 7) is 0. The van der Waals surface area contributed by atoms with Crippen LogP contribution in [0, 0.1) is 0 Å². The van der Waals surface area contributed by atoms with E-state index in [-0.39, 0.29) is 0 Å². The second-order valence-corrected chi connectivity index (χ2v) is 4.74. The second-order valence-electron chi connectivity index (χ2n) is 4.74. The topological polar surface area (TPSA) is 12.9 Å². The number of rotatable bonds is 3. The zero-order valence-corrected chi connectivity index (χ0v) is 10.7. The Morgan fingerprint density at radius 1 is 0.842 bits per heavy atom. The Bertz CT molecular complexity index is 692. The summed E-state index contributed by atoms with van der Waals surface area (Å²) in [6.07, 6.45) is 1.98. The van der Waals surface area contributed by atoms with E-state index in [1.165, 1.54) is 5.56 Å². The van der Waals surface area contributed by atoms with Crippen molar-refractivity contribution in [3.8, 4) is 0 Å². The molecule has 1 nitrogen and oxygen atoms in total. The molecule has 2 heteroatoms. The van der Waals surface area contributed by atoms with E-state index in [0.717, 1.165) is 34.9 Å². The first-order chi connectivity index (χ1) is 9.31. The molecule has 1 aromatic heterocycles. The van der Waals surface area contributed by atoms with Crippen LogP contribution in [0.15, 0.2) is 60.7 Å². The van der Waals surface area contributed by atoms with Gasteiger partial charge in [-0.15, -0.1) is 0 Å². The summed E-state index contributed by atoms with van der Waals surface area (Å²) < 4.78 is 0. The summed E-state index contributed by atoms with van der Waals surface area (Å²) >= 11 is 0. The van der Waals surface area contributed by atoms with E-state index >= 15 is 0 Å². The maximum absolute atomic E-state index is 5.77.